The average molecular weight is 175 g/mol. The van der Waals surface area contributed by atoms with Crippen molar-refractivity contribution in [2.45, 2.75) is 46.6 Å². The van der Waals surface area contributed by atoms with Crippen LogP contribution in [0.2, 0.25) is 0 Å². The molecular weight excluding hydrogens is 150 g/mol. The molecule has 76 valence electrons. The predicted octanol–water partition coefficient (Wildman–Crippen LogP) is 2.44. The van der Waals surface area contributed by atoms with Gasteiger partial charge in [0.1, 0.15) is 0 Å². The third-order valence-corrected chi connectivity index (χ3v) is 1.46. The second-order valence-corrected chi connectivity index (χ2v) is 2.19. The number of nitrogens with one attached hydrogen (secondary N) is 1. The molecule has 0 bridgehead atoms. The van der Waals surface area contributed by atoms with Gasteiger partial charge in [0.25, 0.3) is 0 Å². The van der Waals surface area contributed by atoms with E-state index >= 15 is 0 Å². The SMILES string of the molecule is CC.CC.CNCC1CCCO1. The van der Waals surface area contributed by atoms with Gasteiger partial charge in [0.15, 0.2) is 0 Å². The minimum atomic E-state index is 0.500. The monoisotopic (exact) mass is 175 g/mol. The fourth-order valence-corrected chi connectivity index (χ4v) is 1.03. The lowest BCUT2D eigenvalue weighted by Gasteiger charge is -2.05. The van der Waals surface area contributed by atoms with Crippen LogP contribution in [0.4, 0.5) is 0 Å². The van der Waals surface area contributed by atoms with Crippen molar-refractivity contribution >= 4 is 0 Å². The third-order valence-electron chi connectivity index (χ3n) is 1.46. The smallest absolute Gasteiger partial charge is 0.0700 e. The van der Waals surface area contributed by atoms with Gasteiger partial charge in [-0.1, -0.05) is 27.7 Å². The molecule has 0 amide bonds. The molecule has 0 saturated carbocycles. The molecule has 0 aromatic rings. The predicted molar refractivity (Wildman–Crippen MR) is 55.6 cm³/mol. The van der Waals surface area contributed by atoms with Crippen LogP contribution in [0, 0.1) is 0 Å². The Morgan fingerprint density at radius 3 is 2.17 bits per heavy atom. The van der Waals surface area contributed by atoms with Crippen LogP contribution in [0.5, 0.6) is 0 Å². The van der Waals surface area contributed by atoms with Crippen molar-refractivity contribution in [2.75, 3.05) is 20.2 Å². The lowest BCUT2D eigenvalue weighted by molar-refractivity contribution is 0.112. The lowest BCUT2D eigenvalue weighted by atomic mass is 10.2. The maximum Gasteiger partial charge on any atom is 0.0700 e. The summed E-state index contributed by atoms with van der Waals surface area (Å²) in [5.74, 6) is 0. The largest absolute Gasteiger partial charge is 0.377 e. The van der Waals surface area contributed by atoms with Gasteiger partial charge in [-0.05, 0) is 19.9 Å². The highest BCUT2D eigenvalue weighted by Crippen LogP contribution is 2.09. The Kier molecular flexibility index (Phi) is 16.3. The first-order valence-electron chi connectivity index (χ1n) is 5.19. The number of hydrogen-bond donors (Lipinski definition) is 1. The Bertz CT molecular complexity index is 60.9. The topological polar surface area (TPSA) is 21.3 Å². The van der Waals surface area contributed by atoms with Gasteiger partial charge in [-0.25, -0.2) is 0 Å². The molecule has 1 unspecified atom stereocenters. The summed E-state index contributed by atoms with van der Waals surface area (Å²) in [5.41, 5.74) is 0. The summed E-state index contributed by atoms with van der Waals surface area (Å²) in [6.45, 7) is 9.98. The molecule has 0 aromatic heterocycles. The molecule has 0 radical (unpaired) electrons. The van der Waals surface area contributed by atoms with Crippen molar-refractivity contribution in [1.82, 2.24) is 5.32 Å². The van der Waals surface area contributed by atoms with Crippen LogP contribution in [0.3, 0.4) is 0 Å². The molecule has 1 saturated heterocycles. The second-order valence-electron chi connectivity index (χ2n) is 2.19. The van der Waals surface area contributed by atoms with Gasteiger partial charge in [0.05, 0.1) is 6.10 Å². The maximum atomic E-state index is 5.33. The first-order chi connectivity index (χ1) is 5.93. The molecule has 12 heavy (non-hydrogen) atoms. The minimum absolute atomic E-state index is 0.500. The average Bonchev–Trinajstić information content (AvgIpc) is 2.65. The highest BCUT2D eigenvalue weighted by molar-refractivity contribution is 4.65. The third kappa shape index (κ3) is 8.02. The zero-order chi connectivity index (χ0) is 9.82. The molecule has 1 atom stereocenters. The normalized spacial score (nSPS) is 20.2. The summed E-state index contributed by atoms with van der Waals surface area (Å²) in [6.07, 6.45) is 2.98. The van der Waals surface area contributed by atoms with Gasteiger partial charge >= 0.3 is 0 Å². The Morgan fingerprint density at radius 2 is 1.83 bits per heavy atom. The summed E-state index contributed by atoms with van der Waals surface area (Å²) in [5, 5.41) is 3.08. The van der Waals surface area contributed by atoms with E-state index in [0.717, 1.165) is 13.2 Å². The standard InChI is InChI=1S/C6H13NO.2C2H6/c1-7-5-6-3-2-4-8-6;2*1-2/h6-7H,2-5H2,1H3;2*1-2H3. The van der Waals surface area contributed by atoms with Crippen LogP contribution in [0.25, 0.3) is 0 Å². The Hall–Kier alpha value is -0.0800. The number of hydrogen-bond acceptors (Lipinski definition) is 2. The van der Waals surface area contributed by atoms with Crippen molar-refractivity contribution in [3.8, 4) is 0 Å². The van der Waals surface area contributed by atoms with Crippen molar-refractivity contribution in [3.63, 3.8) is 0 Å². The Morgan fingerprint density at radius 1 is 1.25 bits per heavy atom. The van der Waals surface area contributed by atoms with E-state index < -0.39 is 0 Å². The summed E-state index contributed by atoms with van der Waals surface area (Å²) in [4.78, 5) is 0. The minimum Gasteiger partial charge on any atom is -0.377 e. The first-order valence-corrected chi connectivity index (χ1v) is 5.19. The molecule has 1 fully saturated rings. The lowest BCUT2D eigenvalue weighted by Crippen LogP contribution is -2.22. The van der Waals surface area contributed by atoms with Gasteiger partial charge in [-0.3, -0.25) is 0 Å². The van der Waals surface area contributed by atoms with Crippen molar-refractivity contribution in [3.05, 3.63) is 0 Å². The van der Waals surface area contributed by atoms with Crippen LogP contribution in [-0.4, -0.2) is 26.3 Å². The molecule has 0 spiro atoms. The highest BCUT2D eigenvalue weighted by atomic mass is 16.5. The summed E-state index contributed by atoms with van der Waals surface area (Å²) < 4.78 is 5.33. The number of likely N-dealkylation sites (N-methyl/N-ethyl adjacent to an activating group) is 1. The van der Waals surface area contributed by atoms with Crippen LogP contribution in [-0.2, 0) is 4.74 Å². The van der Waals surface area contributed by atoms with Gasteiger partial charge in [-0.15, -0.1) is 0 Å². The zero-order valence-corrected chi connectivity index (χ0v) is 9.31. The van der Waals surface area contributed by atoms with E-state index in [9.17, 15) is 0 Å². The molecule has 1 N–H and O–H groups in total. The molecule has 1 aliphatic rings. The van der Waals surface area contributed by atoms with E-state index in [1.807, 2.05) is 34.7 Å². The van der Waals surface area contributed by atoms with Gasteiger partial charge in [-0.2, -0.15) is 0 Å². The summed E-state index contributed by atoms with van der Waals surface area (Å²) in [6, 6.07) is 0. The fourth-order valence-electron chi connectivity index (χ4n) is 1.03. The van der Waals surface area contributed by atoms with Crippen LogP contribution < -0.4 is 5.32 Å². The molecular formula is C10H25NO. The molecule has 2 heteroatoms. The highest BCUT2D eigenvalue weighted by Gasteiger charge is 2.12. The van der Waals surface area contributed by atoms with Crippen LogP contribution >= 0.6 is 0 Å². The van der Waals surface area contributed by atoms with E-state index in [2.05, 4.69) is 5.32 Å². The summed E-state index contributed by atoms with van der Waals surface area (Å²) >= 11 is 0. The van der Waals surface area contributed by atoms with E-state index in [4.69, 9.17) is 4.74 Å². The zero-order valence-electron chi connectivity index (χ0n) is 9.31. The van der Waals surface area contributed by atoms with Crippen molar-refractivity contribution in [2.24, 2.45) is 0 Å². The summed E-state index contributed by atoms with van der Waals surface area (Å²) in [7, 11) is 1.96. The molecule has 1 rings (SSSR count). The quantitative estimate of drug-likeness (QED) is 0.696. The maximum absolute atomic E-state index is 5.33. The fraction of sp³-hybridized carbons (Fsp3) is 1.00. The van der Waals surface area contributed by atoms with Crippen LogP contribution in [0.1, 0.15) is 40.5 Å². The van der Waals surface area contributed by atoms with Gasteiger partial charge in [0.2, 0.25) is 0 Å². The van der Waals surface area contributed by atoms with Crippen molar-refractivity contribution in [1.29, 1.82) is 0 Å². The van der Waals surface area contributed by atoms with Gasteiger partial charge in [0, 0.05) is 13.2 Å². The van der Waals surface area contributed by atoms with Crippen molar-refractivity contribution < 1.29 is 4.74 Å². The first kappa shape index (κ1) is 14.4. The van der Waals surface area contributed by atoms with Crippen LogP contribution in [0.15, 0.2) is 0 Å². The molecule has 0 aliphatic carbocycles. The van der Waals surface area contributed by atoms with Gasteiger partial charge < -0.3 is 10.1 Å². The second kappa shape index (κ2) is 13.5. The molecule has 1 heterocycles. The van der Waals surface area contributed by atoms with E-state index in [0.29, 0.717) is 6.10 Å². The Balaban J connectivity index is 0. The van der Waals surface area contributed by atoms with E-state index in [-0.39, 0.29) is 0 Å². The van der Waals surface area contributed by atoms with E-state index in [1.54, 1.807) is 0 Å². The Labute approximate surface area is 77.7 Å². The van der Waals surface area contributed by atoms with E-state index in [1.165, 1.54) is 12.8 Å². The molecule has 0 aromatic carbocycles. The molecule has 2 nitrogen and oxygen atoms in total. The number of rotatable bonds is 2. The molecule has 1 aliphatic heterocycles. The number of ether oxygens (including phenoxy) is 1.